The Labute approximate surface area is 112 Å². The molecule has 19 heavy (non-hydrogen) atoms. The molecule has 1 saturated heterocycles. The number of hydrogen-bond acceptors (Lipinski definition) is 3. The maximum Gasteiger partial charge on any atom is 0.227 e. The van der Waals surface area contributed by atoms with Crippen molar-refractivity contribution in [1.29, 1.82) is 0 Å². The van der Waals surface area contributed by atoms with Gasteiger partial charge >= 0.3 is 0 Å². The van der Waals surface area contributed by atoms with Gasteiger partial charge in [-0.05, 0) is 19.1 Å². The molecule has 2 amide bonds. The summed E-state index contributed by atoms with van der Waals surface area (Å²) in [6.45, 7) is 2.22. The minimum absolute atomic E-state index is 0.0385. The SMILES string of the molecule is C[C@H](O)CNC(=O)[C@@H]1CC(=O)N(c2ccccc2)C1. The predicted molar refractivity (Wildman–Crippen MR) is 71.6 cm³/mol. The summed E-state index contributed by atoms with van der Waals surface area (Å²) in [5, 5.41) is 11.8. The average molecular weight is 262 g/mol. The molecule has 0 aliphatic carbocycles. The molecular formula is C14H18N2O3. The number of hydrogen-bond donors (Lipinski definition) is 2. The Balaban J connectivity index is 1.98. The van der Waals surface area contributed by atoms with Crippen molar-refractivity contribution in [2.24, 2.45) is 5.92 Å². The van der Waals surface area contributed by atoms with Gasteiger partial charge in [0.05, 0.1) is 12.0 Å². The number of anilines is 1. The van der Waals surface area contributed by atoms with Crippen LogP contribution in [0.4, 0.5) is 5.69 Å². The lowest BCUT2D eigenvalue weighted by atomic mass is 10.1. The number of nitrogens with zero attached hydrogens (tertiary/aromatic N) is 1. The van der Waals surface area contributed by atoms with Gasteiger partial charge in [0.1, 0.15) is 0 Å². The zero-order valence-corrected chi connectivity index (χ0v) is 10.9. The Morgan fingerprint density at radius 1 is 1.47 bits per heavy atom. The van der Waals surface area contributed by atoms with Gasteiger partial charge in [0.25, 0.3) is 0 Å². The van der Waals surface area contributed by atoms with E-state index in [-0.39, 0.29) is 30.7 Å². The van der Waals surface area contributed by atoms with E-state index in [9.17, 15) is 9.59 Å². The Morgan fingerprint density at radius 3 is 2.79 bits per heavy atom. The van der Waals surface area contributed by atoms with Crippen LogP contribution in [-0.2, 0) is 9.59 Å². The monoisotopic (exact) mass is 262 g/mol. The van der Waals surface area contributed by atoms with Crippen LogP contribution in [0.2, 0.25) is 0 Å². The predicted octanol–water partition coefficient (Wildman–Crippen LogP) is 0.536. The van der Waals surface area contributed by atoms with Gasteiger partial charge in [0, 0.05) is 25.2 Å². The Hall–Kier alpha value is -1.88. The number of aliphatic hydroxyl groups excluding tert-OH is 1. The lowest BCUT2D eigenvalue weighted by Crippen LogP contribution is -2.36. The fourth-order valence-corrected chi connectivity index (χ4v) is 2.13. The quantitative estimate of drug-likeness (QED) is 0.832. The van der Waals surface area contributed by atoms with Crippen LogP contribution >= 0.6 is 0 Å². The standard InChI is InChI=1S/C14H18N2O3/c1-10(17)8-15-14(19)11-7-13(18)16(9-11)12-5-3-2-4-6-12/h2-6,10-11,17H,7-9H2,1H3,(H,15,19)/t10-,11+/m0/s1. The first-order chi connectivity index (χ1) is 9.08. The normalized spacial score (nSPS) is 20.4. The highest BCUT2D eigenvalue weighted by Crippen LogP contribution is 2.24. The number of amides is 2. The molecule has 5 nitrogen and oxygen atoms in total. The van der Waals surface area contributed by atoms with E-state index in [4.69, 9.17) is 5.11 Å². The molecule has 2 rings (SSSR count). The van der Waals surface area contributed by atoms with Crippen LogP contribution in [0.3, 0.4) is 0 Å². The summed E-state index contributed by atoms with van der Waals surface area (Å²) in [6, 6.07) is 9.33. The van der Waals surface area contributed by atoms with Gasteiger partial charge < -0.3 is 15.3 Å². The summed E-state index contributed by atoms with van der Waals surface area (Å²) in [6.07, 6.45) is -0.355. The van der Waals surface area contributed by atoms with E-state index in [1.807, 2.05) is 30.3 Å². The fraction of sp³-hybridized carbons (Fsp3) is 0.429. The van der Waals surface area contributed by atoms with E-state index in [2.05, 4.69) is 5.32 Å². The first kappa shape index (κ1) is 13.5. The summed E-state index contributed by atoms with van der Waals surface area (Å²) in [4.78, 5) is 25.4. The van der Waals surface area contributed by atoms with Gasteiger partial charge in [-0.25, -0.2) is 0 Å². The third-order valence-corrected chi connectivity index (χ3v) is 3.14. The lowest BCUT2D eigenvalue weighted by Gasteiger charge is -2.16. The van der Waals surface area contributed by atoms with Crippen molar-refractivity contribution >= 4 is 17.5 Å². The molecule has 1 heterocycles. The first-order valence-corrected chi connectivity index (χ1v) is 6.39. The number of carbonyl (C=O) groups is 2. The molecule has 2 N–H and O–H groups in total. The minimum Gasteiger partial charge on any atom is -0.392 e. The smallest absolute Gasteiger partial charge is 0.227 e. The van der Waals surface area contributed by atoms with Gasteiger partial charge in [0.2, 0.25) is 11.8 Å². The number of nitrogens with one attached hydrogen (secondary N) is 1. The van der Waals surface area contributed by atoms with E-state index in [0.29, 0.717) is 6.54 Å². The zero-order chi connectivity index (χ0) is 13.8. The zero-order valence-electron chi connectivity index (χ0n) is 10.9. The number of benzene rings is 1. The highest BCUT2D eigenvalue weighted by molar-refractivity contribution is 6.00. The highest BCUT2D eigenvalue weighted by Gasteiger charge is 2.34. The van der Waals surface area contributed by atoms with Gasteiger partial charge in [0.15, 0.2) is 0 Å². The lowest BCUT2D eigenvalue weighted by molar-refractivity contribution is -0.126. The largest absolute Gasteiger partial charge is 0.392 e. The molecule has 0 spiro atoms. The molecule has 1 fully saturated rings. The molecule has 5 heteroatoms. The third-order valence-electron chi connectivity index (χ3n) is 3.14. The van der Waals surface area contributed by atoms with Crippen LogP contribution < -0.4 is 10.2 Å². The number of aliphatic hydroxyl groups is 1. The number of para-hydroxylation sites is 1. The van der Waals surface area contributed by atoms with Crippen molar-refractivity contribution in [2.45, 2.75) is 19.4 Å². The number of rotatable bonds is 4. The molecule has 0 bridgehead atoms. The second-order valence-electron chi connectivity index (χ2n) is 4.84. The first-order valence-electron chi connectivity index (χ1n) is 6.39. The van der Waals surface area contributed by atoms with E-state index < -0.39 is 6.10 Å². The van der Waals surface area contributed by atoms with Crippen molar-refractivity contribution in [3.05, 3.63) is 30.3 Å². The molecule has 0 saturated carbocycles. The van der Waals surface area contributed by atoms with Crippen LogP contribution in [0, 0.1) is 5.92 Å². The molecule has 2 atom stereocenters. The Kier molecular flexibility index (Phi) is 4.16. The molecule has 1 aliphatic heterocycles. The van der Waals surface area contributed by atoms with Gasteiger partial charge in [-0.3, -0.25) is 9.59 Å². The van der Waals surface area contributed by atoms with E-state index in [1.165, 1.54) is 0 Å². The maximum atomic E-state index is 11.9. The van der Waals surface area contributed by atoms with E-state index in [1.54, 1.807) is 11.8 Å². The second-order valence-corrected chi connectivity index (χ2v) is 4.84. The van der Waals surface area contributed by atoms with E-state index in [0.717, 1.165) is 5.69 Å². The highest BCUT2D eigenvalue weighted by atomic mass is 16.3. The summed E-state index contributed by atoms with van der Waals surface area (Å²) >= 11 is 0. The molecule has 0 unspecified atom stereocenters. The third kappa shape index (κ3) is 3.32. The van der Waals surface area contributed by atoms with Crippen LogP contribution in [0.15, 0.2) is 30.3 Å². The van der Waals surface area contributed by atoms with Crippen molar-refractivity contribution in [3.8, 4) is 0 Å². The van der Waals surface area contributed by atoms with Gasteiger partial charge in [-0.1, -0.05) is 18.2 Å². The van der Waals surface area contributed by atoms with E-state index >= 15 is 0 Å². The van der Waals surface area contributed by atoms with Crippen molar-refractivity contribution in [3.63, 3.8) is 0 Å². The Morgan fingerprint density at radius 2 is 2.16 bits per heavy atom. The Bertz CT molecular complexity index is 459. The van der Waals surface area contributed by atoms with Crippen molar-refractivity contribution < 1.29 is 14.7 Å². The average Bonchev–Trinajstić information content (AvgIpc) is 2.79. The maximum absolute atomic E-state index is 11.9. The fourth-order valence-electron chi connectivity index (χ4n) is 2.13. The van der Waals surface area contributed by atoms with Crippen LogP contribution in [0.5, 0.6) is 0 Å². The van der Waals surface area contributed by atoms with Gasteiger partial charge in [-0.15, -0.1) is 0 Å². The molecular weight excluding hydrogens is 244 g/mol. The molecule has 102 valence electrons. The second kappa shape index (κ2) is 5.84. The molecule has 1 aliphatic rings. The van der Waals surface area contributed by atoms with Crippen molar-refractivity contribution in [2.75, 3.05) is 18.0 Å². The molecule has 0 radical (unpaired) electrons. The molecule has 1 aromatic carbocycles. The van der Waals surface area contributed by atoms with Crippen molar-refractivity contribution in [1.82, 2.24) is 5.32 Å². The summed E-state index contributed by atoms with van der Waals surface area (Å²) < 4.78 is 0. The van der Waals surface area contributed by atoms with Crippen LogP contribution in [0.1, 0.15) is 13.3 Å². The molecule has 1 aromatic rings. The summed E-state index contributed by atoms with van der Waals surface area (Å²) in [5.41, 5.74) is 0.818. The summed E-state index contributed by atoms with van der Waals surface area (Å²) in [5.74, 6) is -0.553. The van der Waals surface area contributed by atoms with Crippen LogP contribution in [-0.4, -0.2) is 36.1 Å². The number of carbonyl (C=O) groups excluding carboxylic acids is 2. The van der Waals surface area contributed by atoms with Crippen LogP contribution in [0.25, 0.3) is 0 Å². The summed E-state index contributed by atoms with van der Waals surface area (Å²) in [7, 11) is 0. The minimum atomic E-state index is -0.578. The molecule has 0 aromatic heterocycles. The topological polar surface area (TPSA) is 69.6 Å². The van der Waals surface area contributed by atoms with Gasteiger partial charge in [-0.2, -0.15) is 0 Å².